The van der Waals surface area contributed by atoms with Gasteiger partial charge in [-0.25, -0.2) is 4.79 Å². The van der Waals surface area contributed by atoms with Crippen molar-refractivity contribution in [1.82, 2.24) is 4.98 Å². The van der Waals surface area contributed by atoms with E-state index in [0.717, 1.165) is 17.7 Å². The largest absolute Gasteiger partial charge is 0.465 e. The molecule has 0 amide bonds. The normalized spacial score (nSPS) is 11.6. The molecule has 3 heteroatoms. The molecule has 1 rings (SSSR count). The molecule has 0 spiro atoms. The second-order valence-electron chi connectivity index (χ2n) is 3.66. The lowest BCUT2D eigenvalue weighted by molar-refractivity contribution is 0.0600. The summed E-state index contributed by atoms with van der Waals surface area (Å²) < 4.78 is 4.62. The molecule has 1 aromatic heterocycles. The predicted octanol–water partition coefficient (Wildman–Crippen LogP) is 3.10. The Labute approximate surface area is 108 Å². The number of pyridine rings is 1. The maximum atomic E-state index is 11.2. The van der Waals surface area contributed by atoms with E-state index in [1.54, 1.807) is 12.1 Å². The summed E-state index contributed by atoms with van der Waals surface area (Å²) in [4.78, 5) is 15.5. The molecule has 94 valence electrons. The number of carbonyl (C=O) groups is 1. The van der Waals surface area contributed by atoms with E-state index >= 15 is 0 Å². The topological polar surface area (TPSA) is 39.2 Å². The number of hydrogen-bond donors (Lipinski definition) is 0. The number of carbonyl (C=O) groups excluding carboxylic acids is 1. The van der Waals surface area contributed by atoms with Crippen LogP contribution in [0.15, 0.2) is 54.8 Å². The van der Waals surface area contributed by atoms with Crippen molar-refractivity contribution in [2.45, 2.75) is 13.3 Å². The molecule has 1 aromatic rings. The maximum Gasteiger partial charge on any atom is 0.339 e. The van der Waals surface area contributed by atoms with Gasteiger partial charge >= 0.3 is 5.97 Å². The summed E-state index contributed by atoms with van der Waals surface area (Å²) >= 11 is 0. The molecule has 0 saturated heterocycles. The average molecular weight is 243 g/mol. The van der Waals surface area contributed by atoms with E-state index in [0.29, 0.717) is 5.56 Å². The van der Waals surface area contributed by atoms with Crippen LogP contribution in [0.3, 0.4) is 0 Å². The average Bonchev–Trinajstić information content (AvgIpc) is 2.43. The fourth-order valence-corrected chi connectivity index (χ4v) is 1.43. The number of allylic oxidation sites excluding steroid dienone is 5. The Balaban J connectivity index is 2.77. The number of aromatic nitrogens is 1. The second kappa shape index (κ2) is 7.22. The summed E-state index contributed by atoms with van der Waals surface area (Å²) in [6.45, 7) is 5.61. The van der Waals surface area contributed by atoms with Crippen molar-refractivity contribution in [3.05, 3.63) is 66.0 Å². The lowest BCUT2D eigenvalue weighted by Crippen LogP contribution is -2.02. The number of rotatable bonds is 5. The summed E-state index contributed by atoms with van der Waals surface area (Å²) in [5.41, 5.74) is 2.52. The minimum atomic E-state index is -0.369. The molecule has 1 heterocycles. The van der Waals surface area contributed by atoms with Gasteiger partial charge in [0.15, 0.2) is 0 Å². The minimum absolute atomic E-state index is 0.369. The van der Waals surface area contributed by atoms with E-state index in [1.807, 2.05) is 31.2 Å². The van der Waals surface area contributed by atoms with Crippen molar-refractivity contribution in [3.63, 3.8) is 0 Å². The molecule has 0 atom stereocenters. The van der Waals surface area contributed by atoms with Crippen molar-refractivity contribution in [3.8, 4) is 0 Å². The van der Waals surface area contributed by atoms with Crippen molar-refractivity contribution >= 4 is 5.97 Å². The lowest BCUT2D eigenvalue weighted by atomic mass is 10.1. The summed E-state index contributed by atoms with van der Waals surface area (Å²) in [5, 5.41) is 0. The molecular formula is C15H17NO2. The molecule has 18 heavy (non-hydrogen) atoms. The summed E-state index contributed by atoms with van der Waals surface area (Å²) in [5.74, 6) is -0.369. The van der Waals surface area contributed by atoms with Crippen molar-refractivity contribution in [2.75, 3.05) is 7.11 Å². The zero-order valence-electron chi connectivity index (χ0n) is 10.7. The van der Waals surface area contributed by atoms with E-state index in [-0.39, 0.29) is 5.97 Å². The fourth-order valence-electron chi connectivity index (χ4n) is 1.43. The summed E-state index contributed by atoms with van der Waals surface area (Å²) in [7, 11) is 1.36. The van der Waals surface area contributed by atoms with Gasteiger partial charge in [-0.05, 0) is 24.6 Å². The van der Waals surface area contributed by atoms with Gasteiger partial charge in [-0.15, -0.1) is 0 Å². The Bertz CT molecular complexity index is 470. The first-order chi connectivity index (χ1) is 8.71. The zero-order valence-corrected chi connectivity index (χ0v) is 10.7. The number of methoxy groups -OCH3 is 1. The van der Waals surface area contributed by atoms with Gasteiger partial charge < -0.3 is 4.74 Å². The molecule has 0 unspecified atom stereocenters. The third kappa shape index (κ3) is 4.01. The monoisotopic (exact) mass is 243 g/mol. The standard InChI is InChI=1S/C15H17NO2/c1-4-6-7-12(5-2)10-14-9-8-13(11-16-14)15(17)18-3/h4-9,11H,1,10H2,2-3H3/b7-6-,12-5+. The molecule has 0 fully saturated rings. The lowest BCUT2D eigenvalue weighted by Gasteiger charge is -2.03. The van der Waals surface area contributed by atoms with E-state index in [4.69, 9.17) is 0 Å². The van der Waals surface area contributed by atoms with Crippen LogP contribution in [0.5, 0.6) is 0 Å². The maximum absolute atomic E-state index is 11.2. The zero-order chi connectivity index (χ0) is 13.4. The van der Waals surface area contributed by atoms with E-state index < -0.39 is 0 Å². The number of hydrogen-bond acceptors (Lipinski definition) is 3. The van der Waals surface area contributed by atoms with Crippen LogP contribution < -0.4 is 0 Å². The van der Waals surface area contributed by atoms with Gasteiger partial charge in [0.05, 0.1) is 12.7 Å². The molecule has 3 nitrogen and oxygen atoms in total. The Morgan fingerprint density at radius 2 is 2.28 bits per heavy atom. The molecule has 0 aliphatic heterocycles. The van der Waals surface area contributed by atoms with E-state index in [1.165, 1.54) is 13.3 Å². The summed E-state index contributed by atoms with van der Waals surface area (Å²) in [6.07, 6.45) is 9.89. The first kappa shape index (κ1) is 13.9. The Hall–Kier alpha value is -2.16. The van der Waals surface area contributed by atoms with Gasteiger partial charge in [0, 0.05) is 18.3 Å². The highest BCUT2D eigenvalue weighted by Gasteiger charge is 2.05. The molecule has 0 aromatic carbocycles. The number of esters is 1. The fraction of sp³-hybridized carbons (Fsp3) is 0.200. The first-order valence-electron chi connectivity index (χ1n) is 5.68. The van der Waals surface area contributed by atoms with Crippen LogP contribution in [0.2, 0.25) is 0 Å². The SMILES string of the molecule is C=C/C=C\C(=C/C)Cc1ccc(C(=O)OC)cn1. The Kier molecular flexibility index (Phi) is 5.58. The third-order valence-electron chi connectivity index (χ3n) is 2.45. The first-order valence-corrected chi connectivity index (χ1v) is 5.68. The van der Waals surface area contributed by atoms with Gasteiger partial charge in [0.25, 0.3) is 0 Å². The molecule has 0 saturated carbocycles. The van der Waals surface area contributed by atoms with Crippen molar-refractivity contribution in [1.29, 1.82) is 0 Å². The van der Waals surface area contributed by atoms with Gasteiger partial charge in [0.1, 0.15) is 0 Å². The highest BCUT2D eigenvalue weighted by molar-refractivity contribution is 5.88. The molecule has 0 radical (unpaired) electrons. The van der Waals surface area contributed by atoms with Crippen LogP contribution in [0.25, 0.3) is 0 Å². The van der Waals surface area contributed by atoms with Gasteiger partial charge in [-0.2, -0.15) is 0 Å². The van der Waals surface area contributed by atoms with Crippen molar-refractivity contribution < 1.29 is 9.53 Å². The van der Waals surface area contributed by atoms with Crippen LogP contribution in [0.1, 0.15) is 23.0 Å². The Morgan fingerprint density at radius 1 is 1.50 bits per heavy atom. The smallest absolute Gasteiger partial charge is 0.339 e. The minimum Gasteiger partial charge on any atom is -0.465 e. The molecular weight excluding hydrogens is 226 g/mol. The van der Waals surface area contributed by atoms with Crippen molar-refractivity contribution in [2.24, 2.45) is 0 Å². The van der Waals surface area contributed by atoms with Crippen LogP contribution in [0, 0.1) is 0 Å². The Morgan fingerprint density at radius 3 is 2.78 bits per heavy atom. The second-order valence-corrected chi connectivity index (χ2v) is 3.66. The van der Waals surface area contributed by atoms with Gasteiger partial charge in [0.2, 0.25) is 0 Å². The third-order valence-corrected chi connectivity index (χ3v) is 2.45. The van der Waals surface area contributed by atoms with Gasteiger partial charge in [-0.1, -0.05) is 30.9 Å². The van der Waals surface area contributed by atoms with E-state index in [9.17, 15) is 4.79 Å². The van der Waals surface area contributed by atoms with Crippen LogP contribution in [-0.4, -0.2) is 18.1 Å². The molecule has 0 aliphatic rings. The predicted molar refractivity (Wildman–Crippen MR) is 72.4 cm³/mol. The number of ether oxygens (including phenoxy) is 1. The highest BCUT2D eigenvalue weighted by atomic mass is 16.5. The number of nitrogens with zero attached hydrogens (tertiary/aromatic N) is 1. The van der Waals surface area contributed by atoms with Crippen LogP contribution >= 0.6 is 0 Å². The van der Waals surface area contributed by atoms with Crippen LogP contribution in [-0.2, 0) is 11.2 Å². The van der Waals surface area contributed by atoms with Gasteiger partial charge in [-0.3, -0.25) is 4.98 Å². The highest BCUT2D eigenvalue weighted by Crippen LogP contribution is 2.09. The molecule has 0 bridgehead atoms. The molecule has 0 aliphatic carbocycles. The summed E-state index contributed by atoms with van der Waals surface area (Å²) in [6, 6.07) is 3.55. The molecule has 0 N–H and O–H groups in total. The van der Waals surface area contributed by atoms with Crippen LogP contribution in [0.4, 0.5) is 0 Å². The van der Waals surface area contributed by atoms with E-state index in [2.05, 4.69) is 16.3 Å². The quantitative estimate of drug-likeness (QED) is 0.589.